The van der Waals surface area contributed by atoms with E-state index in [4.69, 9.17) is 15.9 Å². The second kappa shape index (κ2) is 11.9. The SMILES string of the molecule is Cc1ccc(S(=O)(=O)NC(N)=NCCC[C@H](N)C(=O)O[Si](CC(C)C)(C(C)(C)C)C(C)(C)C)cc1. The molecule has 0 saturated carbocycles. The van der Waals surface area contributed by atoms with Crippen molar-refractivity contribution in [3.8, 4) is 0 Å². The van der Waals surface area contributed by atoms with E-state index in [9.17, 15) is 13.2 Å². The Morgan fingerprint density at radius 3 is 2.06 bits per heavy atom. The molecule has 8 nitrogen and oxygen atoms in total. The zero-order chi connectivity index (χ0) is 27.2. The topological polar surface area (TPSA) is 137 Å². The van der Waals surface area contributed by atoms with E-state index in [-0.39, 0.29) is 33.4 Å². The van der Waals surface area contributed by atoms with Crippen molar-refractivity contribution in [3.05, 3.63) is 29.8 Å². The van der Waals surface area contributed by atoms with Gasteiger partial charge in [-0.1, -0.05) is 73.1 Å². The van der Waals surface area contributed by atoms with Gasteiger partial charge in [0.15, 0.2) is 0 Å². The molecule has 1 atom stereocenters. The third-order valence-corrected chi connectivity index (χ3v) is 14.4. The predicted octanol–water partition coefficient (Wildman–Crippen LogP) is 4.44. The highest BCUT2D eigenvalue weighted by Crippen LogP contribution is 2.55. The van der Waals surface area contributed by atoms with Crippen LogP contribution in [0.2, 0.25) is 16.1 Å². The van der Waals surface area contributed by atoms with Crippen molar-refractivity contribution in [2.24, 2.45) is 22.4 Å². The van der Waals surface area contributed by atoms with Crippen LogP contribution in [0, 0.1) is 12.8 Å². The minimum atomic E-state index is -3.80. The molecule has 200 valence electrons. The van der Waals surface area contributed by atoms with Crippen LogP contribution in [0.1, 0.15) is 73.8 Å². The van der Waals surface area contributed by atoms with Crippen molar-refractivity contribution in [1.29, 1.82) is 0 Å². The summed E-state index contributed by atoms with van der Waals surface area (Å²) in [6.45, 7) is 19.3. The van der Waals surface area contributed by atoms with Gasteiger partial charge in [0.05, 0.1) is 4.90 Å². The number of benzene rings is 1. The Bertz CT molecular complexity index is 964. The van der Waals surface area contributed by atoms with E-state index in [2.05, 4.69) is 65.1 Å². The van der Waals surface area contributed by atoms with E-state index >= 15 is 0 Å². The van der Waals surface area contributed by atoms with Crippen molar-refractivity contribution in [3.63, 3.8) is 0 Å². The molecule has 10 heteroatoms. The quantitative estimate of drug-likeness (QED) is 0.178. The number of nitrogens with zero attached hydrogens (tertiary/aromatic N) is 1. The molecule has 0 aliphatic heterocycles. The minimum Gasteiger partial charge on any atom is -0.517 e. The Hall–Kier alpha value is -1.91. The van der Waals surface area contributed by atoms with Gasteiger partial charge in [-0.2, -0.15) is 0 Å². The molecule has 0 unspecified atom stereocenters. The summed E-state index contributed by atoms with van der Waals surface area (Å²) in [5.41, 5.74) is 12.9. The Morgan fingerprint density at radius 2 is 1.60 bits per heavy atom. The summed E-state index contributed by atoms with van der Waals surface area (Å²) in [7, 11) is -6.37. The molecule has 0 fully saturated rings. The number of aryl methyl sites for hydroxylation is 1. The lowest BCUT2D eigenvalue weighted by Crippen LogP contribution is -2.58. The molecular formula is C25H46N4O4SSi. The molecule has 0 amide bonds. The number of guanidine groups is 1. The van der Waals surface area contributed by atoms with Crippen molar-refractivity contribution < 1.29 is 17.6 Å². The average molecular weight is 527 g/mol. The lowest BCUT2D eigenvalue weighted by Gasteiger charge is -2.51. The van der Waals surface area contributed by atoms with Crippen LogP contribution in [-0.2, 0) is 19.2 Å². The molecule has 0 aliphatic rings. The molecule has 1 aromatic rings. The third-order valence-electron chi connectivity index (χ3n) is 6.22. The number of nitrogens with one attached hydrogen (secondary N) is 1. The van der Waals surface area contributed by atoms with Crippen molar-refractivity contribution in [1.82, 2.24) is 4.72 Å². The van der Waals surface area contributed by atoms with Crippen LogP contribution in [0.25, 0.3) is 0 Å². The Labute approximate surface area is 213 Å². The number of nitrogens with two attached hydrogens (primary N) is 2. The van der Waals surface area contributed by atoms with E-state index in [1.807, 2.05) is 6.92 Å². The lowest BCUT2D eigenvalue weighted by atomic mass is 10.2. The maximum absolute atomic E-state index is 13.1. The van der Waals surface area contributed by atoms with E-state index in [1.165, 1.54) is 12.1 Å². The normalized spacial score (nSPS) is 14.7. The first-order chi connectivity index (χ1) is 15.8. The van der Waals surface area contributed by atoms with Gasteiger partial charge < -0.3 is 15.9 Å². The number of aliphatic imine (C=N–C) groups is 1. The molecule has 1 rings (SSSR count). The van der Waals surface area contributed by atoms with E-state index in [1.54, 1.807) is 12.1 Å². The maximum atomic E-state index is 13.1. The summed E-state index contributed by atoms with van der Waals surface area (Å²) in [5.74, 6) is -0.185. The van der Waals surface area contributed by atoms with Crippen LogP contribution in [0.4, 0.5) is 0 Å². The zero-order valence-corrected chi connectivity index (χ0v) is 24.8. The maximum Gasteiger partial charge on any atom is 0.309 e. The molecular weight excluding hydrogens is 480 g/mol. The first kappa shape index (κ1) is 31.1. The molecule has 0 bridgehead atoms. The van der Waals surface area contributed by atoms with Gasteiger partial charge in [0, 0.05) is 6.54 Å². The summed E-state index contributed by atoms with van der Waals surface area (Å²) in [5, 5.41) is -0.309. The molecule has 0 spiro atoms. The summed E-state index contributed by atoms with van der Waals surface area (Å²) in [4.78, 5) is 17.3. The molecule has 0 saturated heterocycles. The first-order valence-corrected chi connectivity index (χ1v) is 15.8. The van der Waals surface area contributed by atoms with Crippen molar-refractivity contribution in [2.75, 3.05) is 6.54 Å². The summed E-state index contributed by atoms with van der Waals surface area (Å²) < 4.78 is 33.4. The van der Waals surface area contributed by atoms with Crippen LogP contribution in [0.5, 0.6) is 0 Å². The highest BCUT2D eigenvalue weighted by atomic mass is 32.2. The number of hydrogen-bond acceptors (Lipinski definition) is 6. The van der Waals surface area contributed by atoms with Gasteiger partial charge in [0.2, 0.25) is 5.96 Å². The first-order valence-electron chi connectivity index (χ1n) is 12.2. The van der Waals surface area contributed by atoms with Crippen molar-refractivity contribution >= 4 is 30.3 Å². The van der Waals surface area contributed by atoms with E-state index in [0.29, 0.717) is 18.8 Å². The standard InChI is InChI=1S/C25H46N4O4SSi/c1-18(2)17-35(24(4,5)6,25(7,8)9)33-22(30)21(26)11-10-16-28-23(27)29-34(31,32)20-14-12-19(3)13-15-20/h12-15,18,21H,10-11,16-17,26H2,1-9H3,(H3,27,28,29)/t21-/m0/s1. The monoisotopic (exact) mass is 526 g/mol. The predicted molar refractivity (Wildman–Crippen MR) is 146 cm³/mol. The summed E-state index contributed by atoms with van der Waals surface area (Å²) in [6.07, 6.45) is 0.827. The molecule has 35 heavy (non-hydrogen) atoms. The molecule has 0 aliphatic carbocycles. The van der Waals surface area contributed by atoms with Gasteiger partial charge in [-0.3, -0.25) is 9.79 Å². The number of carbonyl (C=O) groups is 1. The van der Waals surface area contributed by atoms with Crippen LogP contribution in [-0.4, -0.2) is 41.3 Å². The van der Waals surface area contributed by atoms with Gasteiger partial charge in [0.25, 0.3) is 18.3 Å². The molecule has 5 N–H and O–H groups in total. The van der Waals surface area contributed by atoms with Crippen LogP contribution in [0.15, 0.2) is 34.2 Å². The van der Waals surface area contributed by atoms with Crippen LogP contribution in [0.3, 0.4) is 0 Å². The van der Waals surface area contributed by atoms with Gasteiger partial charge in [0.1, 0.15) is 6.04 Å². The second-order valence-electron chi connectivity index (χ2n) is 11.8. The number of sulfonamides is 1. The van der Waals surface area contributed by atoms with E-state index < -0.39 is 24.4 Å². The molecule has 0 radical (unpaired) electrons. The Morgan fingerprint density at radius 1 is 1.09 bits per heavy atom. The number of carbonyl (C=O) groups excluding carboxylic acids is 1. The average Bonchev–Trinajstić information content (AvgIpc) is 2.68. The fraction of sp³-hybridized carbons (Fsp3) is 0.680. The molecule has 1 aromatic carbocycles. The van der Waals surface area contributed by atoms with Gasteiger partial charge in [-0.25, -0.2) is 13.1 Å². The van der Waals surface area contributed by atoms with E-state index in [0.717, 1.165) is 11.6 Å². The zero-order valence-electron chi connectivity index (χ0n) is 22.9. The van der Waals surface area contributed by atoms with Crippen LogP contribution >= 0.6 is 0 Å². The fourth-order valence-corrected chi connectivity index (χ4v) is 11.2. The largest absolute Gasteiger partial charge is 0.517 e. The molecule has 0 heterocycles. The molecule has 0 aromatic heterocycles. The van der Waals surface area contributed by atoms with Crippen LogP contribution < -0.4 is 16.2 Å². The second-order valence-corrected chi connectivity index (χ2v) is 18.7. The minimum absolute atomic E-state index is 0.109. The van der Waals surface area contributed by atoms with Gasteiger partial charge in [-0.05, 0) is 53.9 Å². The highest BCUT2D eigenvalue weighted by Gasteiger charge is 2.58. The number of rotatable bonds is 10. The smallest absolute Gasteiger partial charge is 0.309 e. The lowest BCUT2D eigenvalue weighted by molar-refractivity contribution is -0.137. The Kier molecular flexibility index (Phi) is 10.6. The fourth-order valence-electron chi connectivity index (χ4n) is 4.48. The summed E-state index contributed by atoms with van der Waals surface area (Å²) >= 11 is 0. The summed E-state index contributed by atoms with van der Waals surface area (Å²) in [6, 6.07) is 6.52. The highest BCUT2D eigenvalue weighted by molar-refractivity contribution is 7.90. The number of hydrogen-bond donors (Lipinski definition) is 3. The van der Waals surface area contributed by atoms with Crippen molar-refractivity contribution in [2.45, 2.75) is 102 Å². The van der Waals surface area contributed by atoms with Gasteiger partial charge >= 0.3 is 5.97 Å². The van der Waals surface area contributed by atoms with Gasteiger partial charge in [-0.15, -0.1) is 0 Å². The third kappa shape index (κ3) is 8.61. The Balaban J connectivity index is 2.78.